The molecule has 0 spiro atoms. The number of halogens is 5. The number of aromatic amines is 1. The van der Waals surface area contributed by atoms with E-state index in [1.807, 2.05) is 0 Å². The van der Waals surface area contributed by atoms with Crippen LogP contribution < -0.4 is 5.32 Å². The molecule has 2 N–H and O–H groups in total. The number of hydrogen-bond donors (Lipinski definition) is 2. The standard InChI is InChI=1S/C23H20F5N3O/c1-3-22(24,25)14-8-13(9-15(10-14)23(26,27)28)20-12(2)4-5-18(31-20)19-11-16-17(30-19)6-7-29-21(16)32/h4-5,8-11,30H,3,6-7H2,1-2H3,(H,29,32). The highest BCUT2D eigenvalue weighted by Crippen LogP contribution is 2.40. The van der Waals surface area contributed by atoms with E-state index in [0.717, 1.165) is 17.8 Å². The van der Waals surface area contributed by atoms with Crippen LogP contribution in [0.25, 0.3) is 22.6 Å². The van der Waals surface area contributed by atoms with Crippen molar-refractivity contribution in [3.8, 4) is 22.6 Å². The van der Waals surface area contributed by atoms with Crippen LogP contribution in [0.4, 0.5) is 22.0 Å². The highest BCUT2D eigenvalue weighted by Gasteiger charge is 2.36. The average Bonchev–Trinajstić information content (AvgIpc) is 3.19. The lowest BCUT2D eigenvalue weighted by Crippen LogP contribution is -2.31. The molecule has 0 saturated carbocycles. The molecular formula is C23H20F5N3O. The van der Waals surface area contributed by atoms with E-state index in [9.17, 15) is 26.7 Å². The third-order valence-corrected chi connectivity index (χ3v) is 5.58. The lowest BCUT2D eigenvalue weighted by Gasteiger charge is -2.19. The van der Waals surface area contributed by atoms with Crippen LogP contribution in [0, 0.1) is 6.92 Å². The van der Waals surface area contributed by atoms with Crippen molar-refractivity contribution in [2.75, 3.05) is 6.54 Å². The number of aromatic nitrogens is 2. The van der Waals surface area contributed by atoms with Crippen molar-refractivity contribution in [2.24, 2.45) is 0 Å². The lowest BCUT2D eigenvalue weighted by atomic mass is 9.96. The Morgan fingerprint density at radius 2 is 1.75 bits per heavy atom. The minimum atomic E-state index is -4.79. The molecule has 3 heterocycles. The molecule has 1 aliphatic rings. The van der Waals surface area contributed by atoms with Crippen molar-refractivity contribution in [1.82, 2.24) is 15.3 Å². The van der Waals surface area contributed by atoms with Gasteiger partial charge in [0.25, 0.3) is 11.8 Å². The summed E-state index contributed by atoms with van der Waals surface area (Å²) in [6.45, 7) is 3.36. The molecule has 168 valence electrons. The first-order valence-corrected chi connectivity index (χ1v) is 10.1. The smallest absolute Gasteiger partial charge is 0.356 e. The largest absolute Gasteiger partial charge is 0.416 e. The lowest BCUT2D eigenvalue weighted by molar-refractivity contribution is -0.137. The zero-order valence-electron chi connectivity index (χ0n) is 17.3. The van der Waals surface area contributed by atoms with Gasteiger partial charge in [0.1, 0.15) is 0 Å². The summed E-state index contributed by atoms with van der Waals surface area (Å²) in [6.07, 6.45) is -4.80. The van der Waals surface area contributed by atoms with Crippen molar-refractivity contribution in [3.63, 3.8) is 0 Å². The fourth-order valence-corrected chi connectivity index (χ4v) is 3.75. The fourth-order valence-electron chi connectivity index (χ4n) is 3.75. The van der Waals surface area contributed by atoms with E-state index >= 15 is 0 Å². The first-order chi connectivity index (χ1) is 15.0. The van der Waals surface area contributed by atoms with Gasteiger partial charge in [-0.1, -0.05) is 13.0 Å². The van der Waals surface area contributed by atoms with E-state index in [1.54, 1.807) is 25.1 Å². The number of carbonyl (C=O) groups is 1. The summed E-state index contributed by atoms with van der Waals surface area (Å²) in [6, 6.07) is 7.35. The van der Waals surface area contributed by atoms with Gasteiger partial charge < -0.3 is 10.3 Å². The Hall–Kier alpha value is -3.23. The van der Waals surface area contributed by atoms with Gasteiger partial charge in [0.05, 0.1) is 28.2 Å². The molecule has 0 bridgehead atoms. The predicted octanol–water partition coefficient (Wildman–Crippen LogP) is 5.86. The number of amides is 1. The molecule has 4 rings (SSSR count). The minimum absolute atomic E-state index is 0.0450. The highest BCUT2D eigenvalue weighted by atomic mass is 19.4. The molecular weight excluding hydrogens is 429 g/mol. The number of carbonyl (C=O) groups excluding carboxylic acids is 1. The Bertz CT molecular complexity index is 1200. The molecule has 0 saturated heterocycles. The number of rotatable bonds is 4. The number of fused-ring (bicyclic) bond motifs is 1. The summed E-state index contributed by atoms with van der Waals surface area (Å²) in [5, 5.41) is 2.74. The van der Waals surface area contributed by atoms with E-state index in [2.05, 4.69) is 15.3 Å². The van der Waals surface area contributed by atoms with Crippen LogP contribution in [0.2, 0.25) is 0 Å². The third kappa shape index (κ3) is 3.99. The van der Waals surface area contributed by atoms with E-state index in [4.69, 9.17) is 0 Å². The quantitative estimate of drug-likeness (QED) is 0.491. The van der Waals surface area contributed by atoms with Crippen LogP contribution in [0.5, 0.6) is 0 Å². The summed E-state index contributed by atoms with van der Waals surface area (Å²) >= 11 is 0. The monoisotopic (exact) mass is 449 g/mol. The Balaban J connectivity index is 1.86. The molecule has 0 aliphatic carbocycles. The normalized spacial score (nSPS) is 14.3. The third-order valence-electron chi connectivity index (χ3n) is 5.58. The summed E-state index contributed by atoms with van der Waals surface area (Å²) in [7, 11) is 0. The Labute approximate surface area is 180 Å². The van der Waals surface area contributed by atoms with Gasteiger partial charge in [-0.15, -0.1) is 0 Å². The predicted molar refractivity (Wildman–Crippen MR) is 109 cm³/mol. The summed E-state index contributed by atoms with van der Waals surface area (Å²) in [5.74, 6) is -3.63. The van der Waals surface area contributed by atoms with E-state index < -0.39 is 29.6 Å². The topological polar surface area (TPSA) is 57.8 Å². The number of alkyl halides is 5. The van der Waals surface area contributed by atoms with Crippen LogP contribution in [-0.4, -0.2) is 22.4 Å². The maximum absolute atomic E-state index is 14.3. The molecule has 0 radical (unpaired) electrons. The number of pyridine rings is 1. The van der Waals surface area contributed by atoms with Gasteiger partial charge in [-0.3, -0.25) is 4.79 Å². The number of nitrogens with zero attached hydrogens (tertiary/aromatic N) is 1. The Morgan fingerprint density at radius 3 is 2.41 bits per heavy atom. The molecule has 9 heteroatoms. The molecule has 4 nitrogen and oxygen atoms in total. The van der Waals surface area contributed by atoms with Gasteiger partial charge in [-0.05, 0) is 42.8 Å². The van der Waals surface area contributed by atoms with Gasteiger partial charge in [0.15, 0.2) is 0 Å². The van der Waals surface area contributed by atoms with E-state index in [-0.39, 0.29) is 17.2 Å². The SMILES string of the molecule is CCC(F)(F)c1cc(-c2nc(-c3cc4c([nH]3)CCNC4=O)ccc2C)cc(C(F)(F)F)c1. The average molecular weight is 449 g/mol. The second-order valence-electron chi connectivity index (χ2n) is 7.80. The number of benzene rings is 1. The van der Waals surface area contributed by atoms with E-state index in [1.165, 1.54) is 6.92 Å². The first kappa shape index (κ1) is 22.0. The molecule has 1 amide bonds. The van der Waals surface area contributed by atoms with Gasteiger partial charge >= 0.3 is 6.18 Å². The number of nitrogens with one attached hydrogen (secondary N) is 2. The molecule has 1 aliphatic heterocycles. The van der Waals surface area contributed by atoms with Gasteiger partial charge in [0.2, 0.25) is 0 Å². The maximum Gasteiger partial charge on any atom is 0.416 e. The first-order valence-electron chi connectivity index (χ1n) is 10.1. The van der Waals surface area contributed by atoms with Crippen molar-refractivity contribution in [1.29, 1.82) is 0 Å². The zero-order chi connectivity index (χ0) is 23.3. The van der Waals surface area contributed by atoms with Crippen molar-refractivity contribution in [3.05, 3.63) is 64.3 Å². The Kier molecular flexibility index (Phi) is 5.30. The zero-order valence-corrected chi connectivity index (χ0v) is 17.3. The Morgan fingerprint density at radius 1 is 1.03 bits per heavy atom. The molecule has 0 fully saturated rings. The second kappa shape index (κ2) is 7.72. The number of H-pyrrole nitrogens is 1. The van der Waals surface area contributed by atoms with Gasteiger partial charge in [-0.2, -0.15) is 13.2 Å². The summed E-state index contributed by atoms with van der Waals surface area (Å²) in [4.78, 5) is 19.6. The highest BCUT2D eigenvalue weighted by molar-refractivity contribution is 5.97. The summed E-state index contributed by atoms with van der Waals surface area (Å²) in [5.41, 5.74) is 0.951. The molecule has 1 aromatic carbocycles. The minimum Gasteiger partial charge on any atom is -0.356 e. The van der Waals surface area contributed by atoms with Crippen molar-refractivity contribution in [2.45, 2.75) is 38.8 Å². The number of hydrogen-bond acceptors (Lipinski definition) is 2. The molecule has 2 aromatic heterocycles. The second-order valence-corrected chi connectivity index (χ2v) is 7.80. The van der Waals surface area contributed by atoms with Gasteiger partial charge in [0, 0.05) is 36.2 Å². The number of aryl methyl sites for hydroxylation is 1. The molecule has 0 atom stereocenters. The maximum atomic E-state index is 14.3. The fraction of sp³-hybridized carbons (Fsp3) is 0.304. The molecule has 0 unspecified atom stereocenters. The van der Waals surface area contributed by atoms with Crippen LogP contribution in [0.3, 0.4) is 0 Å². The van der Waals surface area contributed by atoms with Crippen LogP contribution in [-0.2, 0) is 18.5 Å². The summed E-state index contributed by atoms with van der Waals surface area (Å²) < 4.78 is 69.0. The molecule has 32 heavy (non-hydrogen) atoms. The van der Waals surface area contributed by atoms with Gasteiger partial charge in [-0.25, -0.2) is 13.8 Å². The van der Waals surface area contributed by atoms with E-state index in [0.29, 0.717) is 41.5 Å². The van der Waals surface area contributed by atoms with Crippen LogP contribution in [0.1, 0.15) is 46.1 Å². The van der Waals surface area contributed by atoms with Crippen LogP contribution in [0.15, 0.2) is 36.4 Å². The molecule has 3 aromatic rings. The van der Waals surface area contributed by atoms with Crippen molar-refractivity contribution >= 4 is 5.91 Å². The van der Waals surface area contributed by atoms with Crippen LogP contribution >= 0.6 is 0 Å². The van der Waals surface area contributed by atoms with Crippen molar-refractivity contribution < 1.29 is 26.7 Å².